The van der Waals surface area contributed by atoms with Crippen LogP contribution in [0.4, 0.5) is 0 Å². The Morgan fingerprint density at radius 1 is 1.29 bits per heavy atom. The molecule has 0 spiro atoms. The Bertz CT molecular complexity index is 713. The van der Waals surface area contributed by atoms with E-state index in [1.807, 2.05) is 30.3 Å². The number of nitrogens with one attached hydrogen (secondary N) is 2. The van der Waals surface area contributed by atoms with Crippen molar-refractivity contribution in [3.63, 3.8) is 0 Å². The first kappa shape index (κ1) is 15.2. The monoisotopic (exact) mass is 326 g/mol. The second-order valence-corrected chi connectivity index (χ2v) is 6.30. The van der Waals surface area contributed by atoms with E-state index in [-0.39, 0.29) is 0 Å². The quantitative estimate of drug-likeness (QED) is 0.666. The summed E-state index contributed by atoms with van der Waals surface area (Å²) in [5, 5.41) is 6.76. The van der Waals surface area contributed by atoms with Gasteiger partial charge in [0.15, 0.2) is 5.96 Å². The summed E-state index contributed by atoms with van der Waals surface area (Å²) in [7, 11) is 1.78. The maximum Gasteiger partial charge on any atom is 0.226 e. The fraction of sp³-hybridized carbons (Fsp3) is 0.444. The van der Waals surface area contributed by atoms with Crippen LogP contribution < -0.4 is 10.6 Å². The Hall–Kier alpha value is -2.34. The van der Waals surface area contributed by atoms with Crippen molar-refractivity contribution in [1.29, 1.82) is 0 Å². The average molecular weight is 326 g/mol. The van der Waals surface area contributed by atoms with Crippen LogP contribution in [0.2, 0.25) is 0 Å². The van der Waals surface area contributed by atoms with Gasteiger partial charge in [0.2, 0.25) is 5.89 Å². The van der Waals surface area contributed by atoms with E-state index in [1.54, 1.807) is 13.3 Å². The standard InChI is InChI=1S/C18H22N4O2/c1-19-18(22-15-9-14-7-8-16(15)24-14)20-10-13-11-23-17(21-13)12-5-3-2-4-6-12/h2-6,11,14-16H,7-10H2,1H3,(H2,19,20,22). The smallest absolute Gasteiger partial charge is 0.226 e. The largest absolute Gasteiger partial charge is 0.444 e. The van der Waals surface area contributed by atoms with Crippen LogP contribution >= 0.6 is 0 Å². The van der Waals surface area contributed by atoms with Crippen LogP contribution in [0.1, 0.15) is 25.0 Å². The molecular formula is C18H22N4O2. The zero-order chi connectivity index (χ0) is 16.4. The lowest BCUT2D eigenvalue weighted by Gasteiger charge is -2.22. The Morgan fingerprint density at radius 3 is 2.88 bits per heavy atom. The third-order valence-electron chi connectivity index (χ3n) is 4.66. The number of aliphatic imine (C=N–C) groups is 1. The molecule has 6 heteroatoms. The van der Waals surface area contributed by atoms with Gasteiger partial charge in [-0.25, -0.2) is 4.98 Å². The average Bonchev–Trinajstić information content (AvgIpc) is 3.36. The molecule has 6 nitrogen and oxygen atoms in total. The zero-order valence-electron chi connectivity index (χ0n) is 13.7. The lowest BCUT2D eigenvalue weighted by Crippen LogP contribution is -2.47. The summed E-state index contributed by atoms with van der Waals surface area (Å²) in [6.07, 6.45) is 5.83. The van der Waals surface area contributed by atoms with Crippen molar-refractivity contribution >= 4 is 5.96 Å². The summed E-state index contributed by atoms with van der Waals surface area (Å²) in [5.41, 5.74) is 1.83. The highest BCUT2D eigenvalue weighted by molar-refractivity contribution is 5.80. The molecule has 4 rings (SSSR count). The number of oxazole rings is 1. The van der Waals surface area contributed by atoms with E-state index in [1.165, 1.54) is 6.42 Å². The molecule has 0 saturated carbocycles. The van der Waals surface area contributed by atoms with Gasteiger partial charge < -0.3 is 19.8 Å². The van der Waals surface area contributed by atoms with Gasteiger partial charge in [-0.05, 0) is 31.4 Å². The summed E-state index contributed by atoms with van der Waals surface area (Å²) >= 11 is 0. The van der Waals surface area contributed by atoms with E-state index in [0.29, 0.717) is 30.7 Å². The van der Waals surface area contributed by atoms with Crippen LogP contribution in [-0.2, 0) is 11.3 Å². The number of fused-ring (bicyclic) bond motifs is 2. The van der Waals surface area contributed by atoms with Crippen molar-refractivity contribution in [3.05, 3.63) is 42.3 Å². The molecule has 3 heterocycles. The number of nitrogens with zero attached hydrogens (tertiary/aromatic N) is 2. The van der Waals surface area contributed by atoms with Gasteiger partial charge in [0.05, 0.1) is 30.5 Å². The van der Waals surface area contributed by atoms with Gasteiger partial charge in [0, 0.05) is 12.6 Å². The van der Waals surface area contributed by atoms with Crippen LogP contribution in [-0.4, -0.2) is 36.2 Å². The normalized spacial score (nSPS) is 25.9. The fourth-order valence-electron chi connectivity index (χ4n) is 3.44. The summed E-state index contributed by atoms with van der Waals surface area (Å²) in [6, 6.07) is 10.2. The van der Waals surface area contributed by atoms with E-state index in [4.69, 9.17) is 9.15 Å². The van der Waals surface area contributed by atoms with Crippen LogP contribution in [0.5, 0.6) is 0 Å². The molecule has 0 amide bonds. The number of ether oxygens (including phenoxy) is 1. The van der Waals surface area contributed by atoms with Crippen molar-refractivity contribution in [3.8, 4) is 11.5 Å². The van der Waals surface area contributed by atoms with Crippen molar-refractivity contribution in [2.75, 3.05) is 7.05 Å². The van der Waals surface area contributed by atoms with Crippen molar-refractivity contribution in [2.45, 2.75) is 44.1 Å². The highest BCUT2D eigenvalue weighted by Gasteiger charge is 2.41. The maximum atomic E-state index is 5.87. The first-order valence-corrected chi connectivity index (χ1v) is 8.44. The topological polar surface area (TPSA) is 71.7 Å². The number of hydrogen-bond acceptors (Lipinski definition) is 4. The molecule has 1 aromatic carbocycles. The maximum absolute atomic E-state index is 5.87. The molecule has 2 aromatic rings. The number of benzene rings is 1. The first-order valence-electron chi connectivity index (χ1n) is 8.44. The second kappa shape index (κ2) is 6.65. The lowest BCUT2D eigenvalue weighted by molar-refractivity contribution is 0.0992. The predicted octanol–water partition coefficient (Wildman–Crippen LogP) is 2.33. The van der Waals surface area contributed by atoms with Gasteiger partial charge in [-0.2, -0.15) is 0 Å². The Balaban J connectivity index is 1.33. The summed E-state index contributed by atoms with van der Waals surface area (Å²) < 4.78 is 11.4. The summed E-state index contributed by atoms with van der Waals surface area (Å²) in [6.45, 7) is 0.567. The van der Waals surface area contributed by atoms with E-state index >= 15 is 0 Å². The highest BCUT2D eigenvalue weighted by Crippen LogP contribution is 2.34. The lowest BCUT2D eigenvalue weighted by atomic mass is 9.96. The molecule has 2 N–H and O–H groups in total. The molecule has 3 atom stereocenters. The van der Waals surface area contributed by atoms with E-state index in [0.717, 1.165) is 30.1 Å². The molecule has 2 aliphatic heterocycles. The van der Waals surface area contributed by atoms with E-state index < -0.39 is 0 Å². The van der Waals surface area contributed by atoms with Crippen LogP contribution in [0, 0.1) is 0 Å². The van der Waals surface area contributed by atoms with Gasteiger partial charge in [0.25, 0.3) is 0 Å². The zero-order valence-corrected chi connectivity index (χ0v) is 13.7. The van der Waals surface area contributed by atoms with Crippen LogP contribution in [0.15, 0.2) is 46.0 Å². The van der Waals surface area contributed by atoms with Gasteiger partial charge in [-0.15, -0.1) is 0 Å². The fourth-order valence-corrected chi connectivity index (χ4v) is 3.44. The molecule has 126 valence electrons. The number of rotatable bonds is 4. The van der Waals surface area contributed by atoms with Gasteiger partial charge >= 0.3 is 0 Å². The molecule has 24 heavy (non-hydrogen) atoms. The minimum Gasteiger partial charge on any atom is -0.444 e. The highest BCUT2D eigenvalue weighted by atomic mass is 16.5. The summed E-state index contributed by atoms with van der Waals surface area (Å²) in [5.74, 6) is 1.41. The summed E-state index contributed by atoms with van der Waals surface area (Å²) in [4.78, 5) is 8.82. The Kier molecular flexibility index (Phi) is 4.21. The van der Waals surface area contributed by atoms with Crippen molar-refractivity contribution in [2.24, 2.45) is 4.99 Å². The van der Waals surface area contributed by atoms with Crippen molar-refractivity contribution in [1.82, 2.24) is 15.6 Å². The third kappa shape index (κ3) is 3.14. The van der Waals surface area contributed by atoms with Gasteiger partial charge in [0.1, 0.15) is 6.26 Å². The molecular weight excluding hydrogens is 304 g/mol. The van der Waals surface area contributed by atoms with Gasteiger partial charge in [-0.1, -0.05) is 18.2 Å². The molecule has 2 aliphatic rings. The Morgan fingerprint density at radius 2 is 2.17 bits per heavy atom. The minimum atomic E-state index is 0.324. The minimum absolute atomic E-state index is 0.324. The number of aromatic nitrogens is 1. The van der Waals surface area contributed by atoms with Crippen LogP contribution in [0.25, 0.3) is 11.5 Å². The molecule has 2 saturated heterocycles. The van der Waals surface area contributed by atoms with E-state index in [2.05, 4.69) is 20.6 Å². The molecule has 2 fully saturated rings. The first-order chi connectivity index (χ1) is 11.8. The number of hydrogen-bond donors (Lipinski definition) is 2. The SMILES string of the molecule is CN=C(NCc1coc(-c2ccccc2)n1)NC1CC2CCC1O2. The van der Waals surface area contributed by atoms with Gasteiger partial charge in [-0.3, -0.25) is 4.99 Å². The molecule has 1 aromatic heterocycles. The number of guanidine groups is 1. The predicted molar refractivity (Wildman–Crippen MR) is 91.6 cm³/mol. The van der Waals surface area contributed by atoms with Crippen LogP contribution in [0.3, 0.4) is 0 Å². The van der Waals surface area contributed by atoms with E-state index in [9.17, 15) is 0 Å². The molecule has 0 radical (unpaired) electrons. The third-order valence-corrected chi connectivity index (χ3v) is 4.66. The molecule has 0 aliphatic carbocycles. The molecule has 3 unspecified atom stereocenters. The molecule has 2 bridgehead atoms. The Labute approximate surface area is 141 Å². The second-order valence-electron chi connectivity index (χ2n) is 6.30. The van der Waals surface area contributed by atoms with Crippen molar-refractivity contribution < 1.29 is 9.15 Å².